The highest BCUT2D eigenvalue weighted by Gasteiger charge is 2.37. The van der Waals surface area contributed by atoms with E-state index in [0.29, 0.717) is 40.6 Å². The summed E-state index contributed by atoms with van der Waals surface area (Å²) in [5.41, 5.74) is 4.53. The van der Waals surface area contributed by atoms with Gasteiger partial charge in [-0.25, -0.2) is 8.42 Å². The predicted octanol–water partition coefficient (Wildman–Crippen LogP) is 3.96. The van der Waals surface area contributed by atoms with E-state index in [1.54, 1.807) is 62.8 Å². The van der Waals surface area contributed by atoms with E-state index < -0.39 is 10.0 Å². The van der Waals surface area contributed by atoms with Crippen molar-refractivity contribution in [2.45, 2.75) is 18.2 Å². The molecule has 2 heterocycles. The Morgan fingerprint density at radius 2 is 1.60 bits per heavy atom. The van der Waals surface area contributed by atoms with Crippen molar-refractivity contribution in [3.63, 3.8) is 0 Å². The third kappa shape index (κ3) is 3.83. The minimum absolute atomic E-state index is 0.0812. The van der Waals surface area contributed by atoms with Gasteiger partial charge >= 0.3 is 0 Å². The number of Topliss-reactive ketones (excluding diaryl/α,β-unsaturated/α-hetero) is 1. The Bertz CT molecular complexity index is 1460. The molecule has 0 amide bonds. The molecule has 0 bridgehead atoms. The normalized spacial score (nSPS) is 17.3. The van der Waals surface area contributed by atoms with E-state index >= 15 is 0 Å². The number of ether oxygens (including phenoxy) is 2. The molecule has 0 spiro atoms. The predicted molar refractivity (Wildman–Crippen MR) is 135 cm³/mol. The van der Waals surface area contributed by atoms with Gasteiger partial charge in [0.2, 0.25) is 0 Å². The first kappa shape index (κ1) is 23.0. The number of nitrogens with zero attached hydrogens (tertiary/aromatic N) is 1. The molecule has 35 heavy (non-hydrogen) atoms. The first-order valence-electron chi connectivity index (χ1n) is 11.3. The molecular weight excluding hydrogens is 464 g/mol. The topological polar surface area (TPSA) is 84.9 Å². The summed E-state index contributed by atoms with van der Waals surface area (Å²) in [4.78, 5) is 13.9. The Morgan fingerprint density at radius 1 is 0.914 bits per heavy atom. The standard InChI is InChI=1S/C27H26N2O5S/c1-17-8-10-19(11-9-17)35(31,32)29-16-22(27(30)20-6-4-5-7-23(20)29)26-21-15-25(34-3)24(33-2)14-18(21)12-13-28-26/h4-11,14-15,28H,12-13,16H2,1-3H3/b26-22-. The van der Waals surface area contributed by atoms with Gasteiger partial charge in [0, 0.05) is 23.2 Å². The van der Waals surface area contributed by atoms with Crippen molar-refractivity contribution < 1.29 is 22.7 Å². The first-order chi connectivity index (χ1) is 16.8. The Kier molecular flexibility index (Phi) is 5.76. The summed E-state index contributed by atoms with van der Waals surface area (Å²) >= 11 is 0. The van der Waals surface area contributed by atoms with Crippen LogP contribution in [0.3, 0.4) is 0 Å². The molecule has 2 aliphatic heterocycles. The van der Waals surface area contributed by atoms with Gasteiger partial charge in [-0.1, -0.05) is 29.8 Å². The highest BCUT2D eigenvalue weighted by molar-refractivity contribution is 7.92. The van der Waals surface area contributed by atoms with Gasteiger partial charge in [0.15, 0.2) is 17.3 Å². The minimum atomic E-state index is -3.91. The Morgan fingerprint density at radius 3 is 2.31 bits per heavy atom. The fraction of sp³-hybridized carbons (Fsp3) is 0.222. The van der Waals surface area contributed by atoms with Crippen LogP contribution in [-0.2, 0) is 16.4 Å². The molecule has 7 nitrogen and oxygen atoms in total. The number of sulfonamides is 1. The molecule has 5 rings (SSSR count). The van der Waals surface area contributed by atoms with Crippen molar-refractivity contribution in [3.8, 4) is 11.5 Å². The third-order valence-corrected chi connectivity index (χ3v) is 8.25. The lowest BCUT2D eigenvalue weighted by molar-refractivity contribution is 0.103. The summed E-state index contributed by atoms with van der Waals surface area (Å²) in [5.74, 6) is 0.961. The SMILES string of the molecule is COc1cc2c(cc1OC)/C(=C1\CN(S(=O)(=O)c3ccc(C)cc3)c3ccccc3C1=O)NCC2. The van der Waals surface area contributed by atoms with Crippen molar-refractivity contribution in [1.82, 2.24) is 5.32 Å². The van der Waals surface area contributed by atoms with Gasteiger partial charge < -0.3 is 14.8 Å². The number of fused-ring (bicyclic) bond motifs is 2. The number of anilines is 1. The minimum Gasteiger partial charge on any atom is -0.493 e. The number of ketones is 1. The van der Waals surface area contributed by atoms with Gasteiger partial charge in [0.05, 0.1) is 37.0 Å². The van der Waals surface area contributed by atoms with Crippen molar-refractivity contribution in [3.05, 3.63) is 88.5 Å². The highest BCUT2D eigenvalue weighted by atomic mass is 32.2. The molecule has 3 aromatic rings. The van der Waals surface area contributed by atoms with Crippen LogP contribution in [0, 0.1) is 6.92 Å². The maximum Gasteiger partial charge on any atom is 0.264 e. The number of carbonyl (C=O) groups is 1. The Balaban J connectivity index is 1.70. The van der Waals surface area contributed by atoms with Crippen LogP contribution in [0.1, 0.15) is 27.0 Å². The molecule has 0 unspecified atom stereocenters. The van der Waals surface area contributed by atoms with Crippen molar-refractivity contribution in [2.24, 2.45) is 0 Å². The molecule has 0 aromatic heterocycles. The molecule has 0 aliphatic carbocycles. The van der Waals surface area contributed by atoms with Gasteiger partial charge in [-0.05, 0) is 55.3 Å². The quantitative estimate of drug-likeness (QED) is 0.558. The fourth-order valence-electron chi connectivity index (χ4n) is 4.64. The summed E-state index contributed by atoms with van der Waals surface area (Å²) in [7, 11) is -0.769. The highest BCUT2D eigenvalue weighted by Crippen LogP contribution is 2.40. The van der Waals surface area contributed by atoms with Crippen molar-refractivity contribution >= 4 is 27.2 Å². The van der Waals surface area contributed by atoms with Crippen LogP contribution in [0.5, 0.6) is 11.5 Å². The second kappa shape index (κ2) is 8.78. The lowest BCUT2D eigenvalue weighted by Gasteiger charge is -2.34. The summed E-state index contributed by atoms with van der Waals surface area (Å²) in [6.45, 7) is 2.44. The average Bonchev–Trinajstić information content (AvgIpc) is 2.88. The molecular formula is C27H26N2O5S. The number of rotatable bonds is 4. The third-order valence-electron chi connectivity index (χ3n) is 6.48. The van der Waals surface area contributed by atoms with E-state index in [1.807, 2.05) is 19.1 Å². The number of hydrogen-bond acceptors (Lipinski definition) is 6. The second-order valence-electron chi connectivity index (χ2n) is 8.57. The van der Waals surface area contributed by atoms with Gasteiger partial charge in [-0.3, -0.25) is 9.10 Å². The first-order valence-corrected chi connectivity index (χ1v) is 12.7. The molecule has 3 aromatic carbocycles. The fourth-order valence-corrected chi connectivity index (χ4v) is 6.09. The van der Waals surface area contributed by atoms with Crippen LogP contribution in [0.15, 0.2) is 71.1 Å². The molecule has 0 saturated carbocycles. The monoisotopic (exact) mass is 490 g/mol. The second-order valence-corrected chi connectivity index (χ2v) is 10.4. The number of hydrogen-bond donors (Lipinski definition) is 1. The lowest BCUT2D eigenvalue weighted by Crippen LogP contribution is -2.40. The summed E-state index contributed by atoms with van der Waals surface area (Å²) in [6, 6.07) is 17.3. The molecule has 0 saturated heterocycles. The molecule has 0 radical (unpaired) electrons. The summed E-state index contributed by atoms with van der Waals surface area (Å²) in [6.07, 6.45) is 0.739. The molecule has 2 aliphatic rings. The summed E-state index contributed by atoms with van der Waals surface area (Å²) in [5, 5.41) is 3.36. The van der Waals surface area contributed by atoms with E-state index in [-0.39, 0.29) is 17.2 Å². The van der Waals surface area contributed by atoms with Crippen molar-refractivity contribution in [2.75, 3.05) is 31.6 Å². The molecule has 0 atom stereocenters. The van der Waals surface area contributed by atoms with Crippen LogP contribution >= 0.6 is 0 Å². The molecule has 180 valence electrons. The Labute approximate surface area is 205 Å². The zero-order chi connectivity index (χ0) is 24.7. The Hall–Kier alpha value is -3.78. The number of para-hydroxylation sites is 1. The number of carbonyl (C=O) groups excluding carboxylic acids is 1. The van der Waals surface area contributed by atoms with Crippen LogP contribution < -0.4 is 19.1 Å². The average molecular weight is 491 g/mol. The van der Waals surface area contributed by atoms with E-state index in [1.165, 1.54) is 4.31 Å². The van der Waals surface area contributed by atoms with E-state index in [2.05, 4.69) is 5.32 Å². The number of benzene rings is 3. The van der Waals surface area contributed by atoms with Crippen LogP contribution in [-0.4, -0.2) is 41.5 Å². The van der Waals surface area contributed by atoms with Gasteiger partial charge in [0.1, 0.15) is 0 Å². The van der Waals surface area contributed by atoms with Crippen LogP contribution in [0.25, 0.3) is 5.70 Å². The van der Waals surface area contributed by atoms with E-state index in [9.17, 15) is 13.2 Å². The van der Waals surface area contributed by atoms with E-state index in [4.69, 9.17) is 9.47 Å². The summed E-state index contributed by atoms with van der Waals surface area (Å²) < 4.78 is 39.8. The smallest absolute Gasteiger partial charge is 0.264 e. The maximum atomic E-state index is 13.8. The largest absolute Gasteiger partial charge is 0.493 e. The maximum absolute atomic E-state index is 13.8. The number of methoxy groups -OCH3 is 2. The van der Waals surface area contributed by atoms with E-state index in [0.717, 1.165) is 23.1 Å². The van der Waals surface area contributed by atoms with Gasteiger partial charge in [-0.15, -0.1) is 0 Å². The van der Waals surface area contributed by atoms with Crippen LogP contribution in [0.4, 0.5) is 5.69 Å². The number of nitrogens with one attached hydrogen (secondary N) is 1. The van der Waals surface area contributed by atoms with Gasteiger partial charge in [0.25, 0.3) is 10.0 Å². The zero-order valence-electron chi connectivity index (χ0n) is 19.8. The molecule has 1 N–H and O–H groups in total. The molecule has 0 fully saturated rings. The lowest BCUT2D eigenvalue weighted by atomic mass is 9.89. The zero-order valence-corrected chi connectivity index (χ0v) is 20.6. The number of aryl methyl sites for hydroxylation is 1. The van der Waals surface area contributed by atoms with Crippen molar-refractivity contribution in [1.29, 1.82) is 0 Å². The van der Waals surface area contributed by atoms with Crippen LogP contribution in [0.2, 0.25) is 0 Å². The molecule has 8 heteroatoms. The van der Waals surface area contributed by atoms with Gasteiger partial charge in [-0.2, -0.15) is 0 Å².